The van der Waals surface area contributed by atoms with Crippen LogP contribution >= 0.6 is 0 Å². The van der Waals surface area contributed by atoms with Crippen molar-refractivity contribution in [3.63, 3.8) is 0 Å². The molecule has 1 fully saturated rings. The number of rotatable bonds is 5. The van der Waals surface area contributed by atoms with E-state index in [9.17, 15) is 4.79 Å². The van der Waals surface area contributed by atoms with Gasteiger partial charge in [-0.1, -0.05) is 0 Å². The molecule has 22 heavy (non-hydrogen) atoms. The Balaban J connectivity index is 2.21. The molecule has 0 aromatic heterocycles. The highest BCUT2D eigenvalue weighted by Gasteiger charge is 2.16. The van der Waals surface area contributed by atoms with Crippen molar-refractivity contribution in [2.24, 2.45) is 0 Å². The van der Waals surface area contributed by atoms with E-state index >= 15 is 0 Å². The molecular formula is C16H22N2O4. The molecule has 1 amide bonds. The lowest BCUT2D eigenvalue weighted by atomic mass is 10.1. The van der Waals surface area contributed by atoms with Gasteiger partial charge in [0.15, 0.2) is 11.5 Å². The molecule has 2 rings (SSSR count). The van der Waals surface area contributed by atoms with Crippen molar-refractivity contribution in [1.29, 1.82) is 0 Å². The van der Waals surface area contributed by atoms with Gasteiger partial charge in [-0.3, -0.25) is 4.79 Å². The van der Waals surface area contributed by atoms with Gasteiger partial charge in [0.25, 0.3) is 0 Å². The number of hydrogen-bond acceptors (Lipinski definition) is 5. The van der Waals surface area contributed by atoms with Crippen LogP contribution in [0.5, 0.6) is 17.2 Å². The monoisotopic (exact) mass is 306 g/mol. The van der Waals surface area contributed by atoms with Crippen molar-refractivity contribution in [3.05, 3.63) is 23.8 Å². The average Bonchev–Trinajstić information content (AvgIpc) is 2.59. The summed E-state index contributed by atoms with van der Waals surface area (Å²) in [6, 6.07) is 3.62. The molecule has 1 aliphatic heterocycles. The van der Waals surface area contributed by atoms with Gasteiger partial charge in [0.2, 0.25) is 11.7 Å². The number of methoxy groups -OCH3 is 3. The Morgan fingerprint density at radius 2 is 1.77 bits per heavy atom. The Kier molecular flexibility index (Phi) is 5.66. The summed E-state index contributed by atoms with van der Waals surface area (Å²) < 4.78 is 16.0. The first kappa shape index (κ1) is 16.2. The van der Waals surface area contributed by atoms with Crippen LogP contribution in [0, 0.1) is 0 Å². The topological polar surface area (TPSA) is 60.0 Å². The molecule has 6 nitrogen and oxygen atoms in total. The molecule has 1 saturated heterocycles. The van der Waals surface area contributed by atoms with E-state index in [1.165, 1.54) is 0 Å². The third-order valence-electron chi connectivity index (χ3n) is 3.57. The number of ether oxygens (including phenoxy) is 3. The SMILES string of the molecule is COc1ccc(C=CC(=O)N2CCNCC2)c(OC)c1OC. The van der Waals surface area contributed by atoms with Gasteiger partial charge in [0.05, 0.1) is 21.3 Å². The van der Waals surface area contributed by atoms with Crippen LogP contribution < -0.4 is 19.5 Å². The van der Waals surface area contributed by atoms with E-state index in [0.29, 0.717) is 17.2 Å². The molecule has 1 aliphatic rings. The van der Waals surface area contributed by atoms with Crippen LogP contribution in [0.15, 0.2) is 18.2 Å². The first-order valence-electron chi connectivity index (χ1n) is 7.18. The number of hydrogen-bond donors (Lipinski definition) is 1. The van der Waals surface area contributed by atoms with Gasteiger partial charge in [-0.05, 0) is 18.2 Å². The molecular weight excluding hydrogens is 284 g/mol. The van der Waals surface area contributed by atoms with Crippen molar-refractivity contribution in [3.8, 4) is 17.2 Å². The number of nitrogens with one attached hydrogen (secondary N) is 1. The highest BCUT2D eigenvalue weighted by molar-refractivity contribution is 5.92. The van der Waals surface area contributed by atoms with Crippen molar-refractivity contribution in [2.45, 2.75) is 0 Å². The molecule has 0 atom stereocenters. The molecule has 0 aliphatic carbocycles. The number of carbonyl (C=O) groups excluding carboxylic acids is 1. The quantitative estimate of drug-likeness (QED) is 0.827. The summed E-state index contributed by atoms with van der Waals surface area (Å²) in [5.74, 6) is 1.65. The molecule has 0 spiro atoms. The fourth-order valence-corrected chi connectivity index (χ4v) is 2.41. The maximum Gasteiger partial charge on any atom is 0.246 e. The van der Waals surface area contributed by atoms with Gasteiger partial charge < -0.3 is 24.4 Å². The van der Waals surface area contributed by atoms with Crippen LogP contribution in [0.25, 0.3) is 6.08 Å². The minimum atomic E-state index is -0.00154. The fraction of sp³-hybridized carbons (Fsp3) is 0.438. The molecule has 0 unspecified atom stereocenters. The van der Waals surface area contributed by atoms with E-state index in [1.54, 1.807) is 39.5 Å². The number of carbonyl (C=O) groups is 1. The molecule has 6 heteroatoms. The third-order valence-corrected chi connectivity index (χ3v) is 3.57. The molecule has 0 bridgehead atoms. The van der Waals surface area contributed by atoms with Crippen LogP contribution in [0.1, 0.15) is 5.56 Å². The summed E-state index contributed by atoms with van der Waals surface area (Å²) in [7, 11) is 4.69. The summed E-state index contributed by atoms with van der Waals surface area (Å²) in [6.45, 7) is 3.12. The second kappa shape index (κ2) is 7.70. The zero-order chi connectivity index (χ0) is 15.9. The molecule has 0 radical (unpaired) electrons. The lowest BCUT2D eigenvalue weighted by molar-refractivity contribution is -0.126. The largest absolute Gasteiger partial charge is 0.493 e. The van der Waals surface area contributed by atoms with Gasteiger partial charge >= 0.3 is 0 Å². The van der Waals surface area contributed by atoms with Gasteiger partial charge in [0.1, 0.15) is 0 Å². The van der Waals surface area contributed by atoms with Crippen molar-refractivity contribution >= 4 is 12.0 Å². The summed E-state index contributed by atoms with van der Waals surface area (Å²) in [6.07, 6.45) is 3.31. The fourth-order valence-electron chi connectivity index (χ4n) is 2.41. The Bertz CT molecular complexity index is 551. The average molecular weight is 306 g/mol. The molecule has 1 heterocycles. The van der Waals surface area contributed by atoms with E-state index in [1.807, 2.05) is 11.0 Å². The summed E-state index contributed by atoms with van der Waals surface area (Å²) >= 11 is 0. The lowest BCUT2D eigenvalue weighted by Crippen LogP contribution is -2.45. The van der Waals surface area contributed by atoms with Crippen LogP contribution in [-0.2, 0) is 4.79 Å². The van der Waals surface area contributed by atoms with Crippen molar-refractivity contribution < 1.29 is 19.0 Å². The molecule has 1 aromatic rings. The minimum Gasteiger partial charge on any atom is -0.493 e. The van der Waals surface area contributed by atoms with Crippen molar-refractivity contribution in [2.75, 3.05) is 47.5 Å². The first-order valence-corrected chi connectivity index (χ1v) is 7.18. The molecule has 120 valence electrons. The van der Waals surface area contributed by atoms with Gasteiger partial charge in [-0.15, -0.1) is 0 Å². The van der Waals surface area contributed by atoms with E-state index < -0.39 is 0 Å². The molecule has 1 aromatic carbocycles. The van der Waals surface area contributed by atoms with Crippen LogP contribution in [0.4, 0.5) is 0 Å². The van der Waals surface area contributed by atoms with Gasteiger partial charge in [-0.2, -0.15) is 0 Å². The Morgan fingerprint density at radius 1 is 1.09 bits per heavy atom. The third kappa shape index (κ3) is 3.51. The Hall–Kier alpha value is -2.21. The highest BCUT2D eigenvalue weighted by Crippen LogP contribution is 2.40. The van der Waals surface area contributed by atoms with E-state index in [4.69, 9.17) is 14.2 Å². The van der Waals surface area contributed by atoms with E-state index in [-0.39, 0.29) is 5.91 Å². The minimum absolute atomic E-state index is 0.00154. The molecule has 0 saturated carbocycles. The maximum atomic E-state index is 12.2. The van der Waals surface area contributed by atoms with E-state index in [2.05, 4.69) is 5.32 Å². The lowest BCUT2D eigenvalue weighted by Gasteiger charge is -2.26. The van der Waals surface area contributed by atoms with Crippen LogP contribution in [-0.4, -0.2) is 58.3 Å². The standard InChI is InChI=1S/C16H22N2O4/c1-20-13-6-4-12(15(21-2)16(13)22-3)5-7-14(19)18-10-8-17-9-11-18/h4-7,17H,8-11H2,1-3H3. The number of piperazine rings is 1. The van der Waals surface area contributed by atoms with Crippen LogP contribution in [0.3, 0.4) is 0 Å². The number of amides is 1. The van der Waals surface area contributed by atoms with Crippen LogP contribution in [0.2, 0.25) is 0 Å². The Labute approximate surface area is 130 Å². The highest BCUT2D eigenvalue weighted by atomic mass is 16.5. The van der Waals surface area contributed by atoms with Gasteiger partial charge in [0, 0.05) is 37.8 Å². The zero-order valence-electron chi connectivity index (χ0n) is 13.2. The maximum absolute atomic E-state index is 12.2. The molecule has 1 N–H and O–H groups in total. The van der Waals surface area contributed by atoms with Gasteiger partial charge in [-0.25, -0.2) is 0 Å². The van der Waals surface area contributed by atoms with E-state index in [0.717, 1.165) is 31.7 Å². The smallest absolute Gasteiger partial charge is 0.246 e. The summed E-state index contributed by atoms with van der Waals surface area (Å²) in [4.78, 5) is 14.0. The normalized spacial score (nSPS) is 15.0. The Morgan fingerprint density at radius 3 is 2.36 bits per heavy atom. The number of benzene rings is 1. The number of nitrogens with zero attached hydrogens (tertiary/aromatic N) is 1. The second-order valence-electron chi connectivity index (χ2n) is 4.83. The first-order chi connectivity index (χ1) is 10.7. The predicted octanol–water partition coefficient (Wildman–Crippen LogP) is 1.16. The van der Waals surface area contributed by atoms with Crippen molar-refractivity contribution in [1.82, 2.24) is 10.2 Å². The summed E-state index contributed by atoms with van der Waals surface area (Å²) in [5.41, 5.74) is 0.767. The zero-order valence-corrected chi connectivity index (χ0v) is 13.2. The predicted molar refractivity (Wildman–Crippen MR) is 84.6 cm³/mol. The summed E-state index contributed by atoms with van der Waals surface area (Å²) in [5, 5.41) is 3.22. The second-order valence-corrected chi connectivity index (χ2v) is 4.83.